The van der Waals surface area contributed by atoms with Gasteiger partial charge in [-0.1, -0.05) is 0 Å². The Labute approximate surface area is 92.1 Å². The van der Waals surface area contributed by atoms with Crippen LogP contribution in [0.2, 0.25) is 0 Å². The molecule has 0 aliphatic rings. The smallest absolute Gasteiger partial charge is 0.260 e. The van der Waals surface area contributed by atoms with E-state index >= 15 is 0 Å². The van der Waals surface area contributed by atoms with Crippen molar-refractivity contribution in [3.8, 4) is 0 Å². The highest BCUT2D eigenvalue weighted by Crippen LogP contribution is 2.25. The molecule has 0 fully saturated rings. The monoisotopic (exact) mass is 264 g/mol. The number of fused-ring (bicyclic) bond motifs is 3. The molecular formula is C10H5BrN2O2. The van der Waals surface area contributed by atoms with E-state index in [4.69, 9.17) is 4.42 Å². The zero-order valence-corrected chi connectivity index (χ0v) is 9.04. The minimum absolute atomic E-state index is 0.189. The normalized spacial score (nSPS) is 11.3. The summed E-state index contributed by atoms with van der Waals surface area (Å²) in [6.07, 6.45) is 1.63. The van der Waals surface area contributed by atoms with Crippen LogP contribution in [0.25, 0.3) is 22.0 Å². The van der Waals surface area contributed by atoms with E-state index in [9.17, 15) is 4.79 Å². The van der Waals surface area contributed by atoms with Crippen molar-refractivity contribution in [2.24, 2.45) is 0 Å². The molecule has 3 rings (SSSR count). The molecule has 0 aliphatic carbocycles. The summed E-state index contributed by atoms with van der Waals surface area (Å²) in [5.74, 6) is 0. The summed E-state index contributed by atoms with van der Waals surface area (Å²) in [4.78, 5) is 18.4. The van der Waals surface area contributed by atoms with Crippen molar-refractivity contribution >= 4 is 37.9 Å². The van der Waals surface area contributed by atoms with Gasteiger partial charge in [0, 0.05) is 12.3 Å². The van der Waals surface area contributed by atoms with Gasteiger partial charge in [-0.2, -0.15) is 0 Å². The van der Waals surface area contributed by atoms with Crippen LogP contribution in [-0.4, -0.2) is 9.97 Å². The van der Waals surface area contributed by atoms with E-state index in [1.807, 2.05) is 6.07 Å². The van der Waals surface area contributed by atoms with E-state index in [0.29, 0.717) is 21.3 Å². The van der Waals surface area contributed by atoms with Gasteiger partial charge in [0.25, 0.3) is 5.56 Å². The Morgan fingerprint density at radius 3 is 3.13 bits per heavy atom. The average molecular weight is 265 g/mol. The van der Waals surface area contributed by atoms with E-state index in [-0.39, 0.29) is 5.56 Å². The molecule has 5 heteroatoms. The number of nitrogens with one attached hydrogen (secondary N) is 1. The van der Waals surface area contributed by atoms with E-state index in [2.05, 4.69) is 25.9 Å². The SMILES string of the molecule is O=c1[nH]c2ncccc2c2oc(Br)cc12. The largest absolute Gasteiger partial charge is 0.448 e. The maximum atomic E-state index is 11.6. The molecule has 0 saturated heterocycles. The highest BCUT2D eigenvalue weighted by Gasteiger charge is 2.10. The van der Waals surface area contributed by atoms with Crippen LogP contribution >= 0.6 is 15.9 Å². The van der Waals surface area contributed by atoms with Crippen molar-refractivity contribution in [3.63, 3.8) is 0 Å². The predicted octanol–water partition coefficient (Wildman–Crippen LogP) is 2.43. The third-order valence-electron chi connectivity index (χ3n) is 2.23. The first-order valence-electron chi connectivity index (χ1n) is 4.32. The van der Waals surface area contributed by atoms with Gasteiger partial charge in [-0.25, -0.2) is 4.98 Å². The van der Waals surface area contributed by atoms with Gasteiger partial charge in [-0.3, -0.25) is 4.79 Å². The van der Waals surface area contributed by atoms with Crippen LogP contribution in [-0.2, 0) is 0 Å². The lowest BCUT2D eigenvalue weighted by molar-refractivity contribution is 0.590. The molecule has 0 bridgehead atoms. The third-order valence-corrected chi connectivity index (χ3v) is 2.62. The van der Waals surface area contributed by atoms with Gasteiger partial charge in [0.15, 0.2) is 10.3 Å². The predicted molar refractivity (Wildman–Crippen MR) is 59.8 cm³/mol. The summed E-state index contributed by atoms with van der Waals surface area (Å²) in [5.41, 5.74) is 0.913. The zero-order valence-electron chi connectivity index (χ0n) is 7.45. The Morgan fingerprint density at radius 1 is 1.40 bits per heavy atom. The van der Waals surface area contributed by atoms with Crippen molar-refractivity contribution in [3.05, 3.63) is 39.4 Å². The second-order valence-electron chi connectivity index (χ2n) is 3.15. The molecular weight excluding hydrogens is 260 g/mol. The van der Waals surface area contributed by atoms with Gasteiger partial charge in [-0.05, 0) is 28.1 Å². The number of H-pyrrole nitrogens is 1. The van der Waals surface area contributed by atoms with Crippen molar-refractivity contribution in [2.45, 2.75) is 0 Å². The van der Waals surface area contributed by atoms with E-state index in [1.165, 1.54) is 0 Å². The molecule has 4 nitrogen and oxygen atoms in total. The molecule has 0 atom stereocenters. The van der Waals surface area contributed by atoms with Gasteiger partial charge in [-0.15, -0.1) is 0 Å². The number of nitrogens with zero attached hydrogens (tertiary/aromatic N) is 1. The molecule has 0 aliphatic heterocycles. The van der Waals surface area contributed by atoms with Crippen LogP contribution in [0.15, 0.2) is 38.3 Å². The molecule has 0 radical (unpaired) electrons. The molecule has 3 aromatic heterocycles. The fourth-order valence-electron chi connectivity index (χ4n) is 1.59. The first kappa shape index (κ1) is 8.67. The van der Waals surface area contributed by atoms with Crippen molar-refractivity contribution in [1.29, 1.82) is 0 Å². The lowest BCUT2D eigenvalue weighted by Crippen LogP contribution is -2.05. The summed E-state index contributed by atoms with van der Waals surface area (Å²) in [6.45, 7) is 0. The molecule has 0 aromatic carbocycles. The van der Waals surface area contributed by atoms with E-state index in [0.717, 1.165) is 5.39 Å². The second kappa shape index (κ2) is 2.93. The Bertz CT molecular complexity index is 714. The highest BCUT2D eigenvalue weighted by atomic mass is 79.9. The molecule has 3 aromatic rings. The molecule has 0 amide bonds. The molecule has 1 N–H and O–H groups in total. The lowest BCUT2D eigenvalue weighted by Gasteiger charge is -1.95. The summed E-state index contributed by atoms with van der Waals surface area (Å²) >= 11 is 3.20. The summed E-state index contributed by atoms with van der Waals surface area (Å²) in [6, 6.07) is 5.31. The molecule has 15 heavy (non-hydrogen) atoms. The number of aromatic amines is 1. The first-order valence-corrected chi connectivity index (χ1v) is 5.11. The third kappa shape index (κ3) is 1.20. The quantitative estimate of drug-likeness (QED) is 0.679. The van der Waals surface area contributed by atoms with Gasteiger partial charge in [0.05, 0.1) is 10.8 Å². The minimum atomic E-state index is -0.189. The number of rotatable bonds is 0. The van der Waals surface area contributed by atoms with Crippen LogP contribution in [0.5, 0.6) is 0 Å². The Morgan fingerprint density at radius 2 is 2.27 bits per heavy atom. The van der Waals surface area contributed by atoms with Crippen LogP contribution in [0.4, 0.5) is 0 Å². The summed E-state index contributed by atoms with van der Waals surface area (Å²) < 4.78 is 5.96. The van der Waals surface area contributed by atoms with E-state index in [1.54, 1.807) is 18.3 Å². The fourth-order valence-corrected chi connectivity index (χ4v) is 1.98. The first-order chi connectivity index (χ1) is 7.25. The zero-order chi connectivity index (χ0) is 10.4. The number of halogens is 1. The van der Waals surface area contributed by atoms with Gasteiger partial charge in [0.1, 0.15) is 5.65 Å². The van der Waals surface area contributed by atoms with Crippen molar-refractivity contribution in [1.82, 2.24) is 9.97 Å². The van der Waals surface area contributed by atoms with Crippen molar-refractivity contribution < 1.29 is 4.42 Å². The molecule has 3 heterocycles. The highest BCUT2D eigenvalue weighted by molar-refractivity contribution is 9.10. The fraction of sp³-hybridized carbons (Fsp3) is 0. The topological polar surface area (TPSA) is 58.9 Å². The van der Waals surface area contributed by atoms with Crippen LogP contribution in [0.3, 0.4) is 0 Å². The maximum Gasteiger partial charge on any atom is 0.260 e. The van der Waals surface area contributed by atoms with Gasteiger partial charge < -0.3 is 9.40 Å². The summed E-state index contributed by atoms with van der Waals surface area (Å²) in [7, 11) is 0. The molecule has 0 unspecified atom stereocenters. The number of aromatic nitrogens is 2. The van der Waals surface area contributed by atoms with Crippen LogP contribution in [0, 0.1) is 0 Å². The number of hydrogen-bond donors (Lipinski definition) is 1. The maximum absolute atomic E-state index is 11.6. The minimum Gasteiger partial charge on any atom is -0.448 e. The van der Waals surface area contributed by atoms with E-state index < -0.39 is 0 Å². The molecule has 74 valence electrons. The van der Waals surface area contributed by atoms with Gasteiger partial charge in [0.2, 0.25) is 0 Å². The Balaban J connectivity index is 2.69. The number of furan rings is 1. The second-order valence-corrected chi connectivity index (χ2v) is 3.93. The molecule has 0 spiro atoms. The van der Waals surface area contributed by atoms with Gasteiger partial charge >= 0.3 is 0 Å². The number of hydrogen-bond acceptors (Lipinski definition) is 3. The Kier molecular flexibility index (Phi) is 1.70. The van der Waals surface area contributed by atoms with Crippen LogP contribution < -0.4 is 5.56 Å². The Hall–Kier alpha value is -1.62. The average Bonchev–Trinajstić information content (AvgIpc) is 2.61. The summed E-state index contributed by atoms with van der Waals surface area (Å²) in [5, 5.41) is 1.33. The molecule has 0 saturated carbocycles. The lowest BCUT2D eigenvalue weighted by atomic mass is 10.2. The number of pyridine rings is 2. The standard InChI is InChI=1S/C10H5BrN2O2/c11-7-4-6-8(15-7)5-2-1-3-12-9(5)13-10(6)14/h1-4H,(H,12,13,14). The van der Waals surface area contributed by atoms with Crippen LogP contribution in [0.1, 0.15) is 0 Å². The van der Waals surface area contributed by atoms with Crippen molar-refractivity contribution in [2.75, 3.05) is 0 Å².